The van der Waals surface area contributed by atoms with Crippen LogP contribution in [0, 0.1) is 24.4 Å². The van der Waals surface area contributed by atoms with Crippen molar-refractivity contribution in [3.8, 4) is 0 Å². The molecule has 31 heavy (non-hydrogen) atoms. The molecule has 0 heterocycles. The van der Waals surface area contributed by atoms with Crippen molar-refractivity contribution in [3.05, 3.63) is 77.1 Å². The van der Waals surface area contributed by atoms with Crippen LogP contribution in [0.3, 0.4) is 0 Å². The summed E-state index contributed by atoms with van der Waals surface area (Å²) in [5.74, 6) is -3.29. The van der Waals surface area contributed by atoms with E-state index in [-0.39, 0.29) is 36.7 Å². The molecule has 0 atom stereocenters. The first-order valence-electron chi connectivity index (χ1n) is 9.53. The number of ketones is 1. The van der Waals surface area contributed by atoms with E-state index in [0.29, 0.717) is 23.6 Å². The molecule has 2 rings (SSSR count). The first kappa shape index (κ1) is 23.9. The van der Waals surface area contributed by atoms with E-state index in [0.717, 1.165) is 12.1 Å². The number of esters is 1. The quantitative estimate of drug-likeness (QED) is 0.203. The smallest absolute Gasteiger partial charge is 0.302 e. The van der Waals surface area contributed by atoms with E-state index in [1.165, 1.54) is 19.1 Å². The van der Waals surface area contributed by atoms with Gasteiger partial charge in [0.2, 0.25) is 0 Å². The SMILES string of the molecule is C=CCN=C(CC(=O)c1ccc(F)cc1F)Nc1c(C)cc(CCOC(C)=O)cc1F. The van der Waals surface area contributed by atoms with Gasteiger partial charge in [0.15, 0.2) is 5.78 Å². The number of amidine groups is 1. The molecule has 0 bridgehead atoms. The van der Waals surface area contributed by atoms with E-state index >= 15 is 0 Å². The molecule has 0 radical (unpaired) electrons. The van der Waals surface area contributed by atoms with Crippen molar-refractivity contribution in [2.75, 3.05) is 18.5 Å². The summed E-state index contributed by atoms with van der Waals surface area (Å²) in [6.07, 6.45) is 1.49. The normalized spacial score (nSPS) is 11.2. The van der Waals surface area contributed by atoms with Gasteiger partial charge in [-0.1, -0.05) is 12.1 Å². The number of aryl methyl sites for hydroxylation is 1. The van der Waals surface area contributed by atoms with Crippen LogP contribution in [-0.4, -0.2) is 30.7 Å². The zero-order chi connectivity index (χ0) is 23.0. The first-order valence-corrected chi connectivity index (χ1v) is 9.53. The molecule has 1 N–H and O–H groups in total. The monoisotopic (exact) mass is 432 g/mol. The average molecular weight is 432 g/mol. The van der Waals surface area contributed by atoms with Crippen molar-refractivity contribution in [2.24, 2.45) is 4.99 Å². The molecule has 0 saturated carbocycles. The fraction of sp³-hybridized carbons (Fsp3) is 0.261. The zero-order valence-corrected chi connectivity index (χ0v) is 17.3. The van der Waals surface area contributed by atoms with Gasteiger partial charge in [0, 0.05) is 19.4 Å². The van der Waals surface area contributed by atoms with E-state index in [1.54, 1.807) is 13.0 Å². The summed E-state index contributed by atoms with van der Waals surface area (Å²) in [5.41, 5.74) is 1.01. The molecular weight excluding hydrogens is 409 g/mol. The van der Waals surface area contributed by atoms with Crippen molar-refractivity contribution in [3.63, 3.8) is 0 Å². The van der Waals surface area contributed by atoms with Gasteiger partial charge in [-0.2, -0.15) is 0 Å². The molecule has 0 saturated heterocycles. The molecule has 164 valence electrons. The highest BCUT2D eigenvalue weighted by molar-refractivity contribution is 6.13. The van der Waals surface area contributed by atoms with Crippen molar-refractivity contribution in [2.45, 2.75) is 26.7 Å². The lowest BCUT2D eigenvalue weighted by Gasteiger charge is -2.15. The minimum absolute atomic E-state index is 0.114. The molecule has 0 spiro atoms. The molecule has 0 aliphatic carbocycles. The average Bonchev–Trinajstić information content (AvgIpc) is 2.68. The number of halogens is 3. The standard InChI is InChI=1S/C23H23F3N2O3/c1-4-8-27-22(13-21(30)18-6-5-17(24)12-19(18)25)28-23-14(2)10-16(11-20(23)26)7-9-31-15(3)29/h4-6,10-12H,1,7-9,13H2,2-3H3,(H,27,28). The van der Waals surface area contributed by atoms with Crippen LogP contribution in [0.5, 0.6) is 0 Å². The number of ether oxygens (including phenoxy) is 1. The van der Waals surface area contributed by atoms with Crippen LogP contribution >= 0.6 is 0 Å². The Kier molecular flexibility index (Phi) is 8.54. The van der Waals surface area contributed by atoms with Gasteiger partial charge in [0.1, 0.15) is 23.3 Å². The predicted molar refractivity (Wildman–Crippen MR) is 113 cm³/mol. The van der Waals surface area contributed by atoms with E-state index in [1.807, 2.05) is 0 Å². The van der Waals surface area contributed by atoms with Crippen LogP contribution in [0.1, 0.15) is 34.8 Å². The largest absolute Gasteiger partial charge is 0.466 e. The number of carbonyl (C=O) groups is 2. The van der Waals surface area contributed by atoms with Gasteiger partial charge in [0.25, 0.3) is 0 Å². The molecular formula is C23H23F3N2O3. The maximum absolute atomic E-state index is 14.7. The molecule has 2 aromatic carbocycles. The van der Waals surface area contributed by atoms with E-state index < -0.39 is 29.2 Å². The highest BCUT2D eigenvalue weighted by atomic mass is 19.1. The van der Waals surface area contributed by atoms with Crippen LogP contribution in [0.25, 0.3) is 0 Å². The number of carbonyl (C=O) groups excluding carboxylic acids is 2. The molecule has 0 unspecified atom stereocenters. The molecule has 0 aromatic heterocycles. The number of nitrogens with zero attached hydrogens (tertiary/aromatic N) is 1. The van der Waals surface area contributed by atoms with Crippen LogP contribution in [0.2, 0.25) is 0 Å². The lowest BCUT2D eigenvalue weighted by atomic mass is 10.0. The van der Waals surface area contributed by atoms with Gasteiger partial charge in [-0.25, -0.2) is 13.2 Å². The summed E-state index contributed by atoms with van der Waals surface area (Å²) in [4.78, 5) is 27.5. The number of Topliss-reactive ketones (excluding diaryl/α,β-unsaturated/α-hetero) is 1. The van der Waals surface area contributed by atoms with Crippen LogP contribution < -0.4 is 5.32 Å². The molecule has 0 aliphatic rings. The highest BCUT2D eigenvalue weighted by Crippen LogP contribution is 2.23. The van der Waals surface area contributed by atoms with Crippen molar-refractivity contribution in [1.82, 2.24) is 0 Å². The topological polar surface area (TPSA) is 67.8 Å². The van der Waals surface area contributed by atoms with Gasteiger partial charge in [-0.05, 0) is 36.2 Å². The molecule has 2 aromatic rings. The number of benzene rings is 2. The summed E-state index contributed by atoms with van der Waals surface area (Å²) in [5, 5.41) is 2.81. The second-order valence-electron chi connectivity index (χ2n) is 6.78. The maximum Gasteiger partial charge on any atom is 0.302 e. The Morgan fingerprint density at radius 3 is 2.52 bits per heavy atom. The fourth-order valence-electron chi connectivity index (χ4n) is 2.85. The second-order valence-corrected chi connectivity index (χ2v) is 6.78. The minimum Gasteiger partial charge on any atom is -0.466 e. The third kappa shape index (κ3) is 7.09. The number of aliphatic imine (C=N–C) groups is 1. The highest BCUT2D eigenvalue weighted by Gasteiger charge is 2.17. The Balaban J connectivity index is 2.21. The number of anilines is 1. The number of hydrogen-bond acceptors (Lipinski definition) is 4. The van der Waals surface area contributed by atoms with Crippen LogP contribution in [-0.2, 0) is 16.0 Å². The predicted octanol–water partition coefficient (Wildman–Crippen LogP) is 4.79. The van der Waals surface area contributed by atoms with Gasteiger partial charge in [-0.15, -0.1) is 6.58 Å². The second kappa shape index (κ2) is 11.1. The summed E-state index contributed by atoms with van der Waals surface area (Å²) < 4.78 is 46.6. The van der Waals surface area contributed by atoms with E-state index in [4.69, 9.17) is 4.74 Å². The maximum atomic E-state index is 14.7. The summed E-state index contributed by atoms with van der Waals surface area (Å²) in [6, 6.07) is 5.69. The molecule has 8 heteroatoms. The van der Waals surface area contributed by atoms with Gasteiger partial charge in [-0.3, -0.25) is 14.6 Å². The van der Waals surface area contributed by atoms with Crippen molar-refractivity contribution in [1.29, 1.82) is 0 Å². The van der Waals surface area contributed by atoms with E-state index in [2.05, 4.69) is 16.9 Å². The molecule has 0 fully saturated rings. The number of nitrogens with one attached hydrogen (secondary N) is 1. The number of hydrogen-bond donors (Lipinski definition) is 1. The Hall–Kier alpha value is -3.42. The van der Waals surface area contributed by atoms with E-state index in [9.17, 15) is 22.8 Å². The lowest BCUT2D eigenvalue weighted by molar-refractivity contribution is -0.140. The van der Waals surface area contributed by atoms with Crippen molar-refractivity contribution >= 4 is 23.3 Å². The van der Waals surface area contributed by atoms with Gasteiger partial charge < -0.3 is 10.1 Å². The van der Waals surface area contributed by atoms with Crippen LogP contribution in [0.4, 0.5) is 18.9 Å². The lowest BCUT2D eigenvalue weighted by Crippen LogP contribution is -2.20. The molecule has 0 amide bonds. The molecule has 0 aliphatic heterocycles. The zero-order valence-electron chi connectivity index (χ0n) is 17.3. The first-order chi connectivity index (χ1) is 14.7. The summed E-state index contributed by atoms with van der Waals surface area (Å²) in [7, 11) is 0. The fourth-order valence-corrected chi connectivity index (χ4v) is 2.85. The van der Waals surface area contributed by atoms with Crippen LogP contribution in [0.15, 0.2) is 48.0 Å². The third-order valence-electron chi connectivity index (χ3n) is 4.28. The Morgan fingerprint density at radius 2 is 1.90 bits per heavy atom. The molecule has 5 nitrogen and oxygen atoms in total. The van der Waals surface area contributed by atoms with Gasteiger partial charge in [0.05, 0.1) is 30.8 Å². The van der Waals surface area contributed by atoms with Crippen molar-refractivity contribution < 1.29 is 27.5 Å². The minimum atomic E-state index is -0.979. The number of rotatable bonds is 9. The Labute approximate surface area is 178 Å². The Bertz CT molecular complexity index is 996. The summed E-state index contributed by atoms with van der Waals surface area (Å²) >= 11 is 0. The van der Waals surface area contributed by atoms with Gasteiger partial charge >= 0.3 is 5.97 Å². The Morgan fingerprint density at radius 1 is 1.16 bits per heavy atom. The summed E-state index contributed by atoms with van der Waals surface area (Å²) in [6.45, 7) is 6.81. The third-order valence-corrected chi connectivity index (χ3v) is 4.28.